The van der Waals surface area contributed by atoms with Gasteiger partial charge in [0, 0.05) is 52.7 Å². The second kappa shape index (κ2) is 11.5. The molecule has 0 radical (unpaired) electrons. The number of hydrogen-bond acceptors (Lipinski definition) is 4. The molecule has 6 nitrogen and oxygen atoms in total. The lowest BCUT2D eigenvalue weighted by Crippen LogP contribution is -2.39. The SMILES string of the molecule is CN=C(NCc1ccc(OC)nc1)N(C)CCC1CCOCC1.I. The summed E-state index contributed by atoms with van der Waals surface area (Å²) < 4.78 is 10.5. The van der Waals surface area contributed by atoms with Gasteiger partial charge in [0.15, 0.2) is 5.96 Å². The molecule has 1 N–H and O–H groups in total. The summed E-state index contributed by atoms with van der Waals surface area (Å²) in [6.45, 7) is 3.52. The first-order valence-corrected chi connectivity index (χ1v) is 8.21. The van der Waals surface area contributed by atoms with Crippen LogP contribution in [0.2, 0.25) is 0 Å². The van der Waals surface area contributed by atoms with Gasteiger partial charge in [-0.25, -0.2) is 4.98 Å². The molecule has 0 unspecified atom stereocenters. The number of aliphatic imine (C=N–C) groups is 1. The van der Waals surface area contributed by atoms with Crippen LogP contribution in [0.3, 0.4) is 0 Å². The van der Waals surface area contributed by atoms with Gasteiger partial charge in [-0.05, 0) is 30.7 Å². The van der Waals surface area contributed by atoms with Gasteiger partial charge in [0.1, 0.15) is 0 Å². The minimum absolute atomic E-state index is 0. The Morgan fingerprint density at radius 2 is 2.17 bits per heavy atom. The molecule has 0 atom stereocenters. The van der Waals surface area contributed by atoms with Gasteiger partial charge in [0.2, 0.25) is 5.88 Å². The van der Waals surface area contributed by atoms with E-state index in [1.807, 2.05) is 25.4 Å². The quantitative estimate of drug-likeness (QED) is 0.412. The number of halogens is 1. The number of nitrogens with one attached hydrogen (secondary N) is 1. The number of ether oxygens (including phenoxy) is 2. The molecular formula is C17H29IN4O2. The molecule has 1 saturated heterocycles. The molecule has 136 valence electrons. The Morgan fingerprint density at radius 1 is 1.42 bits per heavy atom. The summed E-state index contributed by atoms with van der Waals surface area (Å²) in [6.07, 6.45) is 5.36. The molecule has 0 spiro atoms. The predicted octanol–water partition coefficient (Wildman–Crippen LogP) is 2.53. The molecule has 2 heterocycles. The van der Waals surface area contributed by atoms with Gasteiger partial charge in [0.25, 0.3) is 0 Å². The average molecular weight is 448 g/mol. The molecule has 2 rings (SSSR count). The lowest BCUT2D eigenvalue weighted by molar-refractivity contribution is 0.0625. The highest BCUT2D eigenvalue weighted by molar-refractivity contribution is 14.0. The molecule has 1 fully saturated rings. The van der Waals surface area contributed by atoms with E-state index in [0.29, 0.717) is 12.4 Å². The van der Waals surface area contributed by atoms with Crippen LogP contribution >= 0.6 is 24.0 Å². The molecule has 1 aromatic rings. The van der Waals surface area contributed by atoms with Crippen LogP contribution in [0.5, 0.6) is 5.88 Å². The van der Waals surface area contributed by atoms with Crippen molar-refractivity contribution < 1.29 is 9.47 Å². The van der Waals surface area contributed by atoms with Crippen LogP contribution in [0, 0.1) is 5.92 Å². The zero-order chi connectivity index (χ0) is 16.5. The smallest absolute Gasteiger partial charge is 0.212 e. The number of rotatable bonds is 6. The highest BCUT2D eigenvalue weighted by Crippen LogP contribution is 2.18. The molecule has 1 aliphatic rings. The zero-order valence-corrected chi connectivity index (χ0v) is 17.2. The molecule has 0 aliphatic carbocycles. The van der Waals surface area contributed by atoms with Gasteiger partial charge in [-0.15, -0.1) is 24.0 Å². The third-order valence-electron chi connectivity index (χ3n) is 4.24. The van der Waals surface area contributed by atoms with E-state index in [1.54, 1.807) is 7.11 Å². The standard InChI is InChI=1S/C17H28N4O2.HI/c1-18-17(20-13-15-4-5-16(22-3)19-12-15)21(2)9-6-14-7-10-23-11-8-14;/h4-5,12,14H,6-11,13H2,1-3H3,(H,18,20);1H. The van der Waals surface area contributed by atoms with Gasteiger partial charge >= 0.3 is 0 Å². The van der Waals surface area contributed by atoms with Crippen LogP contribution < -0.4 is 10.1 Å². The second-order valence-corrected chi connectivity index (χ2v) is 5.88. The summed E-state index contributed by atoms with van der Waals surface area (Å²) in [7, 11) is 5.52. The van der Waals surface area contributed by atoms with Crippen molar-refractivity contribution in [2.75, 3.05) is 41.0 Å². The van der Waals surface area contributed by atoms with E-state index in [9.17, 15) is 0 Å². The first-order chi connectivity index (χ1) is 11.2. The molecule has 1 aromatic heterocycles. The van der Waals surface area contributed by atoms with Crippen molar-refractivity contribution in [2.45, 2.75) is 25.8 Å². The fraction of sp³-hybridized carbons (Fsp3) is 0.647. The number of aromatic nitrogens is 1. The highest BCUT2D eigenvalue weighted by Gasteiger charge is 2.15. The van der Waals surface area contributed by atoms with Crippen LogP contribution in [0.1, 0.15) is 24.8 Å². The normalized spacial score (nSPS) is 15.5. The average Bonchev–Trinajstić information content (AvgIpc) is 2.62. The van der Waals surface area contributed by atoms with Crippen molar-refractivity contribution in [1.29, 1.82) is 0 Å². The molecule has 0 bridgehead atoms. The summed E-state index contributed by atoms with van der Waals surface area (Å²) in [4.78, 5) is 10.8. The maximum Gasteiger partial charge on any atom is 0.212 e. The van der Waals surface area contributed by atoms with Crippen LogP contribution in [-0.2, 0) is 11.3 Å². The fourth-order valence-corrected chi connectivity index (χ4v) is 2.72. The number of hydrogen-bond donors (Lipinski definition) is 1. The predicted molar refractivity (Wildman–Crippen MR) is 107 cm³/mol. The largest absolute Gasteiger partial charge is 0.481 e. The van der Waals surface area contributed by atoms with Crippen molar-refractivity contribution in [1.82, 2.24) is 15.2 Å². The minimum Gasteiger partial charge on any atom is -0.481 e. The maximum absolute atomic E-state index is 5.41. The monoisotopic (exact) mass is 448 g/mol. The van der Waals surface area contributed by atoms with E-state index in [-0.39, 0.29) is 24.0 Å². The van der Waals surface area contributed by atoms with E-state index in [0.717, 1.165) is 37.2 Å². The van der Waals surface area contributed by atoms with Gasteiger partial charge in [0.05, 0.1) is 7.11 Å². The van der Waals surface area contributed by atoms with Crippen molar-refractivity contribution >= 4 is 29.9 Å². The van der Waals surface area contributed by atoms with Crippen molar-refractivity contribution in [2.24, 2.45) is 10.9 Å². The van der Waals surface area contributed by atoms with Crippen LogP contribution in [0.4, 0.5) is 0 Å². The maximum atomic E-state index is 5.41. The van der Waals surface area contributed by atoms with E-state index in [4.69, 9.17) is 9.47 Å². The number of guanidine groups is 1. The Bertz CT molecular complexity index is 490. The summed E-state index contributed by atoms with van der Waals surface area (Å²) in [5.74, 6) is 2.31. The lowest BCUT2D eigenvalue weighted by atomic mass is 9.96. The van der Waals surface area contributed by atoms with E-state index in [1.165, 1.54) is 19.3 Å². The molecule has 0 aromatic carbocycles. The van der Waals surface area contributed by atoms with Crippen LogP contribution in [0.15, 0.2) is 23.3 Å². The number of pyridine rings is 1. The summed E-state index contributed by atoms with van der Waals surface area (Å²) >= 11 is 0. The number of methoxy groups -OCH3 is 1. The van der Waals surface area contributed by atoms with Crippen molar-refractivity contribution in [3.8, 4) is 5.88 Å². The minimum atomic E-state index is 0. The van der Waals surface area contributed by atoms with E-state index < -0.39 is 0 Å². The van der Waals surface area contributed by atoms with Gasteiger partial charge < -0.3 is 19.7 Å². The summed E-state index contributed by atoms with van der Waals surface area (Å²) in [5, 5.41) is 3.38. The first kappa shape index (κ1) is 21.0. The summed E-state index contributed by atoms with van der Waals surface area (Å²) in [5.41, 5.74) is 1.10. The van der Waals surface area contributed by atoms with Gasteiger partial charge in [-0.3, -0.25) is 4.99 Å². The van der Waals surface area contributed by atoms with Crippen LogP contribution in [-0.4, -0.2) is 56.8 Å². The third kappa shape index (κ3) is 6.80. The Balaban J connectivity index is 0.00000288. The zero-order valence-electron chi connectivity index (χ0n) is 14.8. The van der Waals surface area contributed by atoms with E-state index in [2.05, 4.69) is 27.2 Å². The van der Waals surface area contributed by atoms with Crippen LogP contribution in [0.25, 0.3) is 0 Å². The molecular weight excluding hydrogens is 419 g/mol. The Labute approximate surface area is 162 Å². The summed E-state index contributed by atoms with van der Waals surface area (Å²) in [6, 6.07) is 3.88. The Kier molecular flexibility index (Phi) is 10.0. The van der Waals surface area contributed by atoms with Crippen molar-refractivity contribution in [3.05, 3.63) is 23.9 Å². The molecule has 7 heteroatoms. The first-order valence-electron chi connectivity index (χ1n) is 8.21. The highest BCUT2D eigenvalue weighted by atomic mass is 127. The van der Waals surface area contributed by atoms with Gasteiger partial charge in [-0.2, -0.15) is 0 Å². The lowest BCUT2D eigenvalue weighted by Gasteiger charge is -2.26. The second-order valence-electron chi connectivity index (χ2n) is 5.88. The number of nitrogens with zero attached hydrogens (tertiary/aromatic N) is 3. The van der Waals surface area contributed by atoms with E-state index >= 15 is 0 Å². The molecule has 0 saturated carbocycles. The Hall–Kier alpha value is -1.09. The van der Waals surface area contributed by atoms with Crippen molar-refractivity contribution in [3.63, 3.8) is 0 Å². The third-order valence-corrected chi connectivity index (χ3v) is 4.24. The Morgan fingerprint density at radius 3 is 2.75 bits per heavy atom. The molecule has 1 aliphatic heterocycles. The molecule has 0 amide bonds. The fourth-order valence-electron chi connectivity index (χ4n) is 2.72. The molecule has 24 heavy (non-hydrogen) atoms. The topological polar surface area (TPSA) is 59.0 Å². The van der Waals surface area contributed by atoms with Gasteiger partial charge in [-0.1, -0.05) is 6.07 Å².